The second-order valence-electron chi connectivity index (χ2n) is 9.54. The van der Waals surface area contributed by atoms with Gasteiger partial charge in [-0.3, -0.25) is 14.5 Å². The molecule has 4 N–H and O–H groups in total. The maximum atomic E-state index is 12.7. The highest BCUT2D eigenvalue weighted by atomic mass is 16.3. The number of nitrogens with zero attached hydrogens (tertiary/aromatic N) is 2. The van der Waals surface area contributed by atoms with Crippen molar-refractivity contribution in [3.63, 3.8) is 0 Å². The van der Waals surface area contributed by atoms with Gasteiger partial charge in [0.1, 0.15) is 0 Å². The van der Waals surface area contributed by atoms with Crippen LogP contribution in [0.1, 0.15) is 53.1 Å². The van der Waals surface area contributed by atoms with Gasteiger partial charge >= 0.3 is 0 Å². The Morgan fingerprint density at radius 3 is 2.38 bits per heavy atom. The predicted molar refractivity (Wildman–Crippen MR) is 130 cm³/mol. The third-order valence-electron chi connectivity index (χ3n) is 7.44. The molecule has 2 saturated heterocycles. The number of aliphatic hydroxyl groups excluding tert-OH is 2. The molecule has 2 amide bonds. The number of carbonyl (C=O) groups is 2. The fourth-order valence-electron chi connectivity index (χ4n) is 5.62. The van der Waals surface area contributed by atoms with Crippen molar-refractivity contribution >= 4 is 11.8 Å². The van der Waals surface area contributed by atoms with Gasteiger partial charge in [0, 0.05) is 37.3 Å². The maximum absolute atomic E-state index is 12.7. The van der Waals surface area contributed by atoms with Crippen LogP contribution in [0.5, 0.6) is 0 Å². The van der Waals surface area contributed by atoms with Gasteiger partial charge in [0.2, 0.25) is 5.91 Å². The number of rotatable bonds is 10. The molecule has 0 spiro atoms. The molecule has 2 aromatic carbocycles. The van der Waals surface area contributed by atoms with Gasteiger partial charge in [0.25, 0.3) is 5.91 Å². The van der Waals surface area contributed by atoms with Crippen molar-refractivity contribution in [1.29, 1.82) is 0 Å². The molecule has 7 nitrogen and oxygen atoms in total. The van der Waals surface area contributed by atoms with Crippen LogP contribution in [0.2, 0.25) is 0 Å². The summed E-state index contributed by atoms with van der Waals surface area (Å²) in [7, 11) is 0. The van der Waals surface area contributed by atoms with E-state index in [9.17, 15) is 19.8 Å². The van der Waals surface area contributed by atoms with E-state index >= 15 is 0 Å². The van der Waals surface area contributed by atoms with Gasteiger partial charge < -0.3 is 20.8 Å². The fraction of sp³-hybridized carbons (Fsp3) is 0.481. The Bertz CT molecular complexity index is 969. The van der Waals surface area contributed by atoms with Crippen LogP contribution in [0, 0.1) is 0 Å². The minimum absolute atomic E-state index is 0.396. The van der Waals surface area contributed by atoms with Gasteiger partial charge in [-0.2, -0.15) is 0 Å². The van der Waals surface area contributed by atoms with Crippen LogP contribution in [0.3, 0.4) is 0 Å². The zero-order chi connectivity index (χ0) is 24.1. The van der Waals surface area contributed by atoms with Gasteiger partial charge in [-0.25, -0.2) is 0 Å². The highest BCUT2D eigenvalue weighted by molar-refractivity contribution is 5.92. The number of aliphatic hydroxyl groups is 2. The van der Waals surface area contributed by atoms with E-state index in [1.54, 1.807) is 11.0 Å². The van der Waals surface area contributed by atoms with Crippen molar-refractivity contribution in [1.82, 2.24) is 9.80 Å². The van der Waals surface area contributed by atoms with E-state index in [1.807, 2.05) is 42.5 Å². The van der Waals surface area contributed by atoms with Crippen molar-refractivity contribution in [2.24, 2.45) is 5.73 Å². The molecule has 1 unspecified atom stereocenters. The van der Waals surface area contributed by atoms with E-state index in [1.165, 1.54) is 5.56 Å². The number of piperidine rings is 1. The molecule has 0 saturated carbocycles. The zero-order valence-electron chi connectivity index (χ0n) is 19.6. The van der Waals surface area contributed by atoms with Gasteiger partial charge in [0.05, 0.1) is 6.61 Å². The molecular weight excluding hydrogens is 430 g/mol. The van der Waals surface area contributed by atoms with Crippen LogP contribution < -0.4 is 5.73 Å². The van der Waals surface area contributed by atoms with E-state index in [-0.39, 0.29) is 0 Å². The molecule has 2 aliphatic rings. The Kier molecular flexibility index (Phi) is 7.98. The van der Waals surface area contributed by atoms with E-state index in [2.05, 4.69) is 11.0 Å². The average Bonchev–Trinajstić information content (AvgIpc) is 3.10. The molecule has 7 heteroatoms. The molecule has 0 aliphatic carbocycles. The molecule has 2 aromatic rings. The number of primary amides is 1. The van der Waals surface area contributed by atoms with Crippen molar-refractivity contribution in [3.8, 4) is 0 Å². The van der Waals surface area contributed by atoms with Gasteiger partial charge in [-0.1, -0.05) is 42.5 Å². The summed E-state index contributed by atoms with van der Waals surface area (Å²) in [5.41, 5.74) is 8.35. The predicted octanol–water partition coefficient (Wildman–Crippen LogP) is 1.92. The highest BCUT2D eigenvalue weighted by Gasteiger charge is 2.41. The Balaban J connectivity index is 1.38. The van der Waals surface area contributed by atoms with Crippen molar-refractivity contribution in [2.45, 2.75) is 56.2 Å². The van der Waals surface area contributed by atoms with Crippen LogP contribution in [0.4, 0.5) is 0 Å². The SMILES string of the molecule is NC(=O)c1cccc(C2C[C@H]3CC[C@@H](C2)N3CCN(CCc2ccccc2)C(=O)[C@@H](O)CO)c1. The summed E-state index contributed by atoms with van der Waals surface area (Å²) in [4.78, 5) is 28.5. The summed E-state index contributed by atoms with van der Waals surface area (Å²) in [6.07, 6.45) is 3.64. The van der Waals surface area contributed by atoms with E-state index in [4.69, 9.17) is 5.73 Å². The van der Waals surface area contributed by atoms with Crippen LogP contribution in [-0.2, 0) is 11.2 Å². The molecule has 2 heterocycles. The number of hydrogen-bond donors (Lipinski definition) is 3. The molecule has 0 aromatic heterocycles. The van der Waals surface area contributed by atoms with E-state index in [0.717, 1.165) is 37.8 Å². The van der Waals surface area contributed by atoms with Crippen molar-refractivity contribution in [3.05, 3.63) is 71.3 Å². The summed E-state index contributed by atoms with van der Waals surface area (Å²) in [6, 6.07) is 18.6. The Morgan fingerprint density at radius 1 is 1.03 bits per heavy atom. The smallest absolute Gasteiger partial charge is 0.253 e. The van der Waals surface area contributed by atoms with Crippen LogP contribution in [0.25, 0.3) is 0 Å². The molecule has 0 radical (unpaired) electrons. The zero-order valence-corrected chi connectivity index (χ0v) is 19.6. The quantitative estimate of drug-likeness (QED) is 0.497. The normalized spacial score (nSPS) is 22.9. The summed E-state index contributed by atoms with van der Waals surface area (Å²) in [5, 5.41) is 19.3. The molecule has 4 rings (SSSR count). The molecule has 4 atom stereocenters. The van der Waals surface area contributed by atoms with Crippen LogP contribution in [0.15, 0.2) is 54.6 Å². The highest BCUT2D eigenvalue weighted by Crippen LogP contribution is 2.43. The number of nitrogens with two attached hydrogens (primary N) is 1. The van der Waals surface area contributed by atoms with E-state index in [0.29, 0.717) is 43.1 Å². The van der Waals surface area contributed by atoms with Gasteiger partial charge in [-0.05, 0) is 61.3 Å². The largest absolute Gasteiger partial charge is 0.393 e. The first-order valence-electron chi connectivity index (χ1n) is 12.2. The summed E-state index contributed by atoms with van der Waals surface area (Å²) >= 11 is 0. The lowest BCUT2D eigenvalue weighted by Gasteiger charge is -2.40. The fourth-order valence-corrected chi connectivity index (χ4v) is 5.62. The van der Waals surface area contributed by atoms with Crippen molar-refractivity contribution < 1.29 is 19.8 Å². The van der Waals surface area contributed by atoms with E-state index < -0.39 is 24.5 Å². The summed E-state index contributed by atoms with van der Waals surface area (Å²) in [5.74, 6) is -0.406. The maximum Gasteiger partial charge on any atom is 0.253 e. The molecule has 2 fully saturated rings. The number of carbonyl (C=O) groups excluding carboxylic acids is 2. The third-order valence-corrected chi connectivity index (χ3v) is 7.44. The first kappa shape index (κ1) is 24.4. The first-order chi connectivity index (χ1) is 16.5. The molecule has 2 aliphatic heterocycles. The lowest BCUT2D eigenvalue weighted by molar-refractivity contribution is -0.142. The minimum atomic E-state index is -1.38. The first-order valence-corrected chi connectivity index (χ1v) is 12.2. The summed E-state index contributed by atoms with van der Waals surface area (Å²) < 4.78 is 0. The standard InChI is InChI=1S/C27H35N3O4/c28-26(33)21-8-4-7-20(15-21)22-16-23-9-10-24(17-22)30(23)14-13-29(27(34)25(32)18-31)12-11-19-5-2-1-3-6-19/h1-8,15,22-25,31-32H,9-14,16-18H2,(H2,28,33)/t22?,23-,24+,25-/m0/s1. The molecule has 182 valence electrons. The Hall–Kier alpha value is -2.74. The topological polar surface area (TPSA) is 107 Å². The minimum Gasteiger partial charge on any atom is -0.393 e. The van der Waals surface area contributed by atoms with Crippen LogP contribution in [-0.4, -0.2) is 76.3 Å². The molecular formula is C27H35N3O4. The van der Waals surface area contributed by atoms with Gasteiger partial charge in [-0.15, -0.1) is 0 Å². The number of hydrogen-bond acceptors (Lipinski definition) is 5. The number of benzene rings is 2. The third kappa shape index (κ3) is 5.66. The Labute approximate surface area is 201 Å². The number of amides is 2. The lowest BCUT2D eigenvalue weighted by Crippen LogP contribution is -2.49. The monoisotopic (exact) mass is 465 g/mol. The molecule has 34 heavy (non-hydrogen) atoms. The number of fused-ring (bicyclic) bond motifs is 2. The summed E-state index contributed by atoms with van der Waals surface area (Å²) in [6.45, 7) is 1.22. The lowest BCUT2D eigenvalue weighted by atomic mass is 9.84. The average molecular weight is 466 g/mol. The van der Waals surface area contributed by atoms with Crippen molar-refractivity contribution in [2.75, 3.05) is 26.2 Å². The van der Waals surface area contributed by atoms with Gasteiger partial charge in [0.15, 0.2) is 6.10 Å². The second kappa shape index (κ2) is 11.1. The Morgan fingerprint density at radius 2 is 1.74 bits per heavy atom. The molecule has 2 bridgehead atoms. The second-order valence-corrected chi connectivity index (χ2v) is 9.54. The van der Waals surface area contributed by atoms with Crippen LogP contribution >= 0.6 is 0 Å².